The van der Waals surface area contributed by atoms with Crippen LogP contribution >= 0.6 is 0 Å². The van der Waals surface area contributed by atoms with Gasteiger partial charge in [-0.3, -0.25) is 33.6 Å². The van der Waals surface area contributed by atoms with Crippen molar-refractivity contribution in [2.45, 2.75) is 142 Å². The molecule has 1 aliphatic rings. The van der Waals surface area contributed by atoms with Crippen LogP contribution in [-0.2, 0) is 52.9 Å². The molecule has 0 unspecified atom stereocenters. The second-order valence-electron chi connectivity index (χ2n) is 16.6. The SMILES string of the molecule is CC(=O)N1CCC[C@H]1C(=O)N[C@@H](CC(C)C)C(=O)C[C@@H](Cc1cncn1CCCCCCCCc1ccccc1)C(=O)N[C@@H](CO)C(=O)C[C@H](C(N)=O)[C@@H](C)CC(=O)O. The number of Topliss-reactive ketones (excluding diaryl/α,β-unsaturated/α-hetero) is 2. The van der Waals surface area contributed by atoms with Crippen LogP contribution in [0, 0.1) is 23.7 Å². The van der Waals surface area contributed by atoms with Crippen molar-refractivity contribution in [2.75, 3.05) is 13.2 Å². The van der Waals surface area contributed by atoms with Crippen molar-refractivity contribution >= 4 is 41.2 Å². The molecule has 59 heavy (non-hydrogen) atoms. The molecule has 1 saturated heterocycles. The number of nitrogens with one attached hydrogen (secondary N) is 2. The standard InChI is InChI=1S/C44H66N6O9/c1-29(2)21-36(47-44(59)38-18-14-20-50(38)31(4)52)39(53)24-33(43(58)48-37(27-51)40(54)25-35(42(45)57)30(3)22-41(55)56)23-34-26-46-28-49(34)19-13-8-6-5-7-10-15-32-16-11-9-12-17-32/h9,11-12,16-17,26,28-30,33,35-38,51H,5-8,10,13-15,18-25,27H2,1-4H3,(H2,45,57)(H,47,59)(H,48,58)(H,55,56)/t30-,33+,35-,36-,37-,38-/m0/s1. The molecule has 0 bridgehead atoms. The lowest BCUT2D eigenvalue weighted by Crippen LogP contribution is -2.52. The Morgan fingerprint density at radius 3 is 2.17 bits per heavy atom. The Hall–Kier alpha value is -4.92. The van der Waals surface area contributed by atoms with Crippen LogP contribution in [0.25, 0.3) is 0 Å². The van der Waals surface area contributed by atoms with Gasteiger partial charge in [0.1, 0.15) is 12.1 Å². The number of aryl methyl sites for hydroxylation is 2. The van der Waals surface area contributed by atoms with Crippen molar-refractivity contribution in [3.63, 3.8) is 0 Å². The Balaban J connectivity index is 1.75. The van der Waals surface area contributed by atoms with E-state index in [0.29, 0.717) is 31.6 Å². The Morgan fingerprint density at radius 2 is 1.54 bits per heavy atom. The van der Waals surface area contributed by atoms with Gasteiger partial charge in [-0.25, -0.2) is 4.98 Å². The highest BCUT2D eigenvalue weighted by atomic mass is 16.4. The number of primary amides is 1. The number of aliphatic hydroxyl groups excluding tert-OH is 1. The summed E-state index contributed by atoms with van der Waals surface area (Å²) in [6, 6.07) is 7.33. The number of hydrogen-bond donors (Lipinski definition) is 5. The monoisotopic (exact) mass is 822 g/mol. The molecule has 0 spiro atoms. The van der Waals surface area contributed by atoms with E-state index in [1.54, 1.807) is 12.5 Å². The zero-order chi connectivity index (χ0) is 43.5. The van der Waals surface area contributed by atoms with Crippen LogP contribution in [-0.4, -0.2) is 97.1 Å². The van der Waals surface area contributed by atoms with E-state index in [1.807, 2.05) is 24.5 Å². The lowest BCUT2D eigenvalue weighted by atomic mass is 9.85. The Labute approximate surface area is 348 Å². The third kappa shape index (κ3) is 16.3. The largest absolute Gasteiger partial charge is 0.481 e. The summed E-state index contributed by atoms with van der Waals surface area (Å²) in [5.74, 6) is -7.51. The van der Waals surface area contributed by atoms with Gasteiger partial charge in [0.25, 0.3) is 0 Å². The number of imidazole rings is 1. The van der Waals surface area contributed by atoms with Crippen LogP contribution in [0.1, 0.15) is 116 Å². The number of nitrogens with zero attached hydrogens (tertiary/aromatic N) is 3. The number of unbranched alkanes of at least 4 members (excludes halogenated alkanes) is 5. The number of carbonyl (C=O) groups excluding carboxylic acids is 6. The molecule has 3 rings (SSSR count). The van der Waals surface area contributed by atoms with Crippen LogP contribution in [0.2, 0.25) is 0 Å². The number of ketones is 2. The topological polar surface area (TPSA) is 231 Å². The van der Waals surface area contributed by atoms with E-state index in [9.17, 15) is 43.8 Å². The zero-order valence-electron chi connectivity index (χ0n) is 35.3. The van der Waals surface area contributed by atoms with Crippen LogP contribution in [0.5, 0.6) is 0 Å². The Kier molecular flexibility index (Phi) is 20.4. The minimum absolute atomic E-state index is 0.00702. The summed E-state index contributed by atoms with van der Waals surface area (Å²) in [6.45, 7) is 6.98. The van der Waals surface area contributed by atoms with Crippen molar-refractivity contribution in [3.8, 4) is 0 Å². The number of amides is 4. The Morgan fingerprint density at radius 1 is 0.881 bits per heavy atom. The van der Waals surface area contributed by atoms with Gasteiger partial charge in [-0.15, -0.1) is 0 Å². The van der Waals surface area contributed by atoms with E-state index < -0.39 is 90.6 Å². The van der Waals surface area contributed by atoms with E-state index in [-0.39, 0.29) is 31.1 Å². The van der Waals surface area contributed by atoms with E-state index >= 15 is 0 Å². The van der Waals surface area contributed by atoms with Gasteiger partial charge >= 0.3 is 5.97 Å². The van der Waals surface area contributed by atoms with Crippen molar-refractivity contribution in [3.05, 3.63) is 54.1 Å². The van der Waals surface area contributed by atoms with Gasteiger partial charge in [0.2, 0.25) is 23.6 Å². The molecule has 2 aromatic rings. The number of carboxylic acids is 1. The highest BCUT2D eigenvalue weighted by Gasteiger charge is 2.37. The average Bonchev–Trinajstić information content (AvgIpc) is 3.86. The predicted molar refractivity (Wildman–Crippen MR) is 221 cm³/mol. The van der Waals surface area contributed by atoms with Crippen LogP contribution < -0.4 is 16.4 Å². The highest BCUT2D eigenvalue weighted by molar-refractivity contribution is 5.96. The molecule has 0 aliphatic carbocycles. The van der Waals surface area contributed by atoms with E-state index in [2.05, 4.69) is 39.9 Å². The lowest BCUT2D eigenvalue weighted by molar-refractivity contribution is -0.140. The van der Waals surface area contributed by atoms with E-state index in [4.69, 9.17) is 5.73 Å². The number of carbonyl (C=O) groups is 7. The van der Waals surface area contributed by atoms with Gasteiger partial charge in [0.15, 0.2) is 11.6 Å². The molecule has 326 valence electrons. The number of benzene rings is 1. The average molecular weight is 823 g/mol. The van der Waals surface area contributed by atoms with Gasteiger partial charge in [0.05, 0.1) is 24.9 Å². The maximum absolute atomic E-state index is 14.1. The van der Waals surface area contributed by atoms with Crippen molar-refractivity contribution in [2.24, 2.45) is 29.4 Å². The third-order valence-electron chi connectivity index (χ3n) is 11.3. The fraction of sp³-hybridized carbons (Fsp3) is 0.636. The molecule has 1 aliphatic heterocycles. The highest BCUT2D eigenvalue weighted by Crippen LogP contribution is 2.23. The number of likely N-dealkylation sites (tertiary alicyclic amines) is 1. The summed E-state index contributed by atoms with van der Waals surface area (Å²) in [4.78, 5) is 96.6. The predicted octanol–water partition coefficient (Wildman–Crippen LogP) is 3.77. The molecule has 1 aromatic heterocycles. The maximum atomic E-state index is 14.1. The zero-order valence-corrected chi connectivity index (χ0v) is 35.3. The second-order valence-corrected chi connectivity index (χ2v) is 16.6. The van der Waals surface area contributed by atoms with Gasteiger partial charge in [-0.2, -0.15) is 0 Å². The van der Waals surface area contributed by atoms with Crippen molar-refractivity contribution in [1.82, 2.24) is 25.1 Å². The summed E-state index contributed by atoms with van der Waals surface area (Å²) in [7, 11) is 0. The van der Waals surface area contributed by atoms with Gasteiger partial charge in [-0.1, -0.05) is 76.8 Å². The first-order chi connectivity index (χ1) is 28.1. The molecule has 15 nitrogen and oxygen atoms in total. The molecule has 1 aromatic carbocycles. The number of nitrogens with two attached hydrogens (primary N) is 1. The second kappa shape index (κ2) is 24.9. The first kappa shape index (κ1) is 48.4. The van der Waals surface area contributed by atoms with Crippen LogP contribution in [0.15, 0.2) is 42.9 Å². The fourth-order valence-electron chi connectivity index (χ4n) is 7.88. The number of carboxylic acid groups (broad SMARTS) is 1. The quantitative estimate of drug-likeness (QED) is 0.0780. The molecular weight excluding hydrogens is 757 g/mol. The molecule has 4 amide bonds. The summed E-state index contributed by atoms with van der Waals surface area (Å²) in [5.41, 5.74) is 7.55. The molecule has 0 saturated carbocycles. The molecule has 6 atom stereocenters. The summed E-state index contributed by atoms with van der Waals surface area (Å²) < 4.78 is 1.94. The number of rotatable bonds is 28. The minimum atomic E-state index is -1.46. The summed E-state index contributed by atoms with van der Waals surface area (Å²) in [6.07, 6.45) is 11.0. The molecule has 2 heterocycles. The van der Waals surface area contributed by atoms with Crippen molar-refractivity contribution < 1.29 is 43.8 Å². The van der Waals surface area contributed by atoms with Crippen molar-refractivity contribution in [1.29, 1.82) is 0 Å². The number of aliphatic carboxylic acids is 1. The molecule has 0 radical (unpaired) electrons. The van der Waals surface area contributed by atoms with Gasteiger partial charge < -0.3 is 36.0 Å². The first-order valence-electron chi connectivity index (χ1n) is 21.2. The number of hydrogen-bond acceptors (Lipinski definition) is 9. The van der Waals surface area contributed by atoms with Crippen LogP contribution in [0.3, 0.4) is 0 Å². The fourth-order valence-corrected chi connectivity index (χ4v) is 7.88. The molecular formula is C44H66N6O9. The van der Waals surface area contributed by atoms with Gasteiger partial charge in [0, 0.05) is 63.5 Å². The smallest absolute Gasteiger partial charge is 0.303 e. The molecule has 6 N–H and O–H groups in total. The molecule has 1 fully saturated rings. The number of aliphatic hydroxyl groups is 1. The normalized spacial score (nSPS) is 16.5. The van der Waals surface area contributed by atoms with E-state index in [0.717, 1.165) is 44.9 Å². The Bertz CT molecular complexity index is 1700. The lowest BCUT2D eigenvalue weighted by Gasteiger charge is -2.27. The van der Waals surface area contributed by atoms with Crippen LogP contribution in [0.4, 0.5) is 0 Å². The number of aromatic nitrogens is 2. The van der Waals surface area contributed by atoms with Gasteiger partial charge in [-0.05, 0) is 55.9 Å². The summed E-state index contributed by atoms with van der Waals surface area (Å²) in [5, 5.41) is 24.9. The summed E-state index contributed by atoms with van der Waals surface area (Å²) >= 11 is 0. The minimum Gasteiger partial charge on any atom is -0.481 e. The molecule has 15 heteroatoms. The first-order valence-corrected chi connectivity index (χ1v) is 21.2. The van der Waals surface area contributed by atoms with E-state index in [1.165, 1.54) is 24.3 Å². The third-order valence-corrected chi connectivity index (χ3v) is 11.3. The maximum Gasteiger partial charge on any atom is 0.303 e.